The van der Waals surface area contributed by atoms with Crippen LogP contribution < -0.4 is 10.1 Å². The Morgan fingerprint density at radius 2 is 2.05 bits per heavy atom. The van der Waals surface area contributed by atoms with Gasteiger partial charge in [0, 0.05) is 17.8 Å². The molecule has 0 aromatic heterocycles. The van der Waals surface area contributed by atoms with Gasteiger partial charge < -0.3 is 15.2 Å². The van der Waals surface area contributed by atoms with Crippen molar-refractivity contribution in [3.63, 3.8) is 0 Å². The fraction of sp³-hybridized carbons (Fsp3) is 0.118. The molecule has 0 radical (unpaired) electrons. The largest absolute Gasteiger partial charge is 0.506 e. The van der Waals surface area contributed by atoms with Crippen molar-refractivity contribution in [2.45, 2.75) is 6.92 Å². The summed E-state index contributed by atoms with van der Waals surface area (Å²) < 4.78 is 5.08. The molecule has 2 aromatic rings. The highest BCUT2D eigenvalue weighted by Crippen LogP contribution is 2.23. The molecule has 21 heavy (non-hydrogen) atoms. The number of anilines is 1. The minimum absolute atomic E-state index is 0.145. The lowest BCUT2D eigenvalue weighted by Crippen LogP contribution is -1.97. The fourth-order valence-electron chi connectivity index (χ4n) is 1.84. The van der Waals surface area contributed by atoms with Crippen LogP contribution in [0.4, 0.5) is 5.69 Å². The molecule has 0 aliphatic rings. The Balaban J connectivity index is 2.05. The van der Waals surface area contributed by atoms with Crippen LogP contribution in [0, 0.1) is 6.92 Å². The van der Waals surface area contributed by atoms with Gasteiger partial charge in [-0.2, -0.15) is 0 Å². The summed E-state index contributed by atoms with van der Waals surface area (Å²) in [5.41, 5.74) is 2.06. The second-order valence-corrected chi connectivity index (χ2v) is 4.59. The smallest absolute Gasteiger partial charge is 0.187 e. The van der Waals surface area contributed by atoms with Gasteiger partial charge in [0.05, 0.1) is 12.8 Å². The number of carbonyl (C=O) groups excluding carboxylic acids is 1. The van der Waals surface area contributed by atoms with Gasteiger partial charge in [0.2, 0.25) is 0 Å². The van der Waals surface area contributed by atoms with Crippen molar-refractivity contribution in [3.05, 3.63) is 65.9 Å². The van der Waals surface area contributed by atoms with Crippen molar-refractivity contribution >= 4 is 11.5 Å². The van der Waals surface area contributed by atoms with E-state index in [-0.39, 0.29) is 11.5 Å². The third-order valence-electron chi connectivity index (χ3n) is 2.98. The van der Waals surface area contributed by atoms with Gasteiger partial charge in [0.15, 0.2) is 5.78 Å². The number of aromatic hydroxyl groups is 1. The number of hydrogen-bond donors (Lipinski definition) is 2. The molecule has 0 aliphatic heterocycles. The van der Waals surface area contributed by atoms with Gasteiger partial charge in [-0.3, -0.25) is 4.79 Å². The molecular weight excluding hydrogens is 266 g/mol. The zero-order valence-electron chi connectivity index (χ0n) is 12.0. The maximum absolute atomic E-state index is 12.0. The van der Waals surface area contributed by atoms with Crippen molar-refractivity contribution < 1.29 is 14.6 Å². The number of phenols is 1. The maximum atomic E-state index is 12.0. The standard InChI is InChI=1S/C17H17NO3/c1-12-6-7-15(17(20)10-12)18-9-8-16(19)13-4-3-5-14(11-13)21-2/h3-11,18,20H,1-2H3/b9-8+. The van der Waals surface area contributed by atoms with Gasteiger partial charge >= 0.3 is 0 Å². The minimum atomic E-state index is -0.145. The highest BCUT2D eigenvalue weighted by Gasteiger charge is 2.03. The van der Waals surface area contributed by atoms with Crippen LogP contribution in [0.5, 0.6) is 11.5 Å². The number of aryl methyl sites for hydroxylation is 1. The Morgan fingerprint density at radius 1 is 1.24 bits per heavy atom. The monoisotopic (exact) mass is 283 g/mol. The van der Waals surface area contributed by atoms with E-state index >= 15 is 0 Å². The van der Waals surface area contributed by atoms with Crippen molar-refractivity contribution in [1.29, 1.82) is 0 Å². The van der Waals surface area contributed by atoms with Crippen molar-refractivity contribution in [1.82, 2.24) is 0 Å². The number of rotatable bonds is 5. The summed E-state index contributed by atoms with van der Waals surface area (Å²) in [6.45, 7) is 1.89. The van der Waals surface area contributed by atoms with E-state index in [2.05, 4.69) is 5.32 Å². The van der Waals surface area contributed by atoms with Gasteiger partial charge in [-0.05, 0) is 36.8 Å². The third kappa shape index (κ3) is 3.86. The molecule has 108 valence electrons. The third-order valence-corrected chi connectivity index (χ3v) is 2.98. The molecule has 0 fully saturated rings. The molecule has 2 rings (SSSR count). The van der Waals surface area contributed by atoms with E-state index in [0.29, 0.717) is 17.0 Å². The SMILES string of the molecule is COc1cccc(C(=O)/C=C/Nc2ccc(C)cc2O)c1. The molecule has 0 amide bonds. The summed E-state index contributed by atoms with van der Waals surface area (Å²) in [5, 5.41) is 12.6. The molecule has 0 saturated carbocycles. The molecule has 0 unspecified atom stereocenters. The first-order chi connectivity index (χ1) is 10.1. The number of nitrogens with one attached hydrogen (secondary N) is 1. The average molecular weight is 283 g/mol. The Bertz CT molecular complexity index is 677. The van der Waals surface area contributed by atoms with Gasteiger partial charge in [-0.15, -0.1) is 0 Å². The van der Waals surface area contributed by atoms with Gasteiger partial charge in [0.25, 0.3) is 0 Å². The predicted octanol–water partition coefficient (Wildman–Crippen LogP) is 3.52. The van der Waals surface area contributed by atoms with Crippen molar-refractivity contribution in [2.75, 3.05) is 12.4 Å². The first-order valence-corrected chi connectivity index (χ1v) is 6.51. The highest BCUT2D eigenvalue weighted by atomic mass is 16.5. The Hall–Kier alpha value is -2.75. The number of carbonyl (C=O) groups is 1. The van der Waals surface area contributed by atoms with Gasteiger partial charge in [0.1, 0.15) is 11.5 Å². The van der Waals surface area contributed by atoms with Crippen LogP contribution in [0.15, 0.2) is 54.7 Å². The molecule has 0 aliphatic carbocycles. The molecule has 0 saturated heterocycles. The molecule has 4 heteroatoms. The molecule has 0 heterocycles. The van der Waals surface area contributed by atoms with E-state index in [1.54, 1.807) is 43.5 Å². The number of ether oxygens (including phenoxy) is 1. The predicted molar refractivity (Wildman–Crippen MR) is 82.9 cm³/mol. The molecule has 2 aromatic carbocycles. The molecular formula is C17H17NO3. The second kappa shape index (κ2) is 6.61. The topological polar surface area (TPSA) is 58.6 Å². The summed E-state index contributed by atoms with van der Waals surface area (Å²) >= 11 is 0. The van der Waals surface area contributed by atoms with Crippen LogP contribution in [0.1, 0.15) is 15.9 Å². The number of ketones is 1. The van der Waals surface area contributed by atoms with E-state index < -0.39 is 0 Å². The Morgan fingerprint density at radius 3 is 2.76 bits per heavy atom. The first kappa shape index (κ1) is 14.7. The summed E-state index contributed by atoms with van der Waals surface area (Å²) in [6, 6.07) is 12.2. The lowest BCUT2D eigenvalue weighted by atomic mass is 10.1. The Kier molecular flexibility index (Phi) is 4.61. The molecule has 0 atom stereocenters. The summed E-state index contributed by atoms with van der Waals surface area (Å²) in [7, 11) is 1.56. The van der Waals surface area contributed by atoms with Crippen LogP contribution >= 0.6 is 0 Å². The normalized spacial score (nSPS) is 10.6. The van der Waals surface area contributed by atoms with E-state index in [0.717, 1.165) is 5.56 Å². The summed E-state index contributed by atoms with van der Waals surface area (Å²) in [6.07, 6.45) is 2.92. The average Bonchev–Trinajstić information content (AvgIpc) is 2.49. The zero-order valence-corrected chi connectivity index (χ0v) is 12.0. The van der Waals surface area contributed by atoms with Crippen LogP contribution in [-0.4, -0.2) is 18.0 Å². The maximum Gasteiger partial charge on any atom is 0.187 e. The summed E-state index contributed by atoms with van der Waals surface area (Å²) in [5.74, 6) is 0.639. The van der Waals surface area contributed by atoms with Crippen LogP contribution in [0.2, 0.25) is 0 Å². The van der Waals surface area contributed by atoms with Crippen LogP contribution in [-0.2, 0) is 0 Å². The number of hydrogen-bond acceptors (Lipinski definition) is 4. The molecule has 0 bridgehead atoms. The van der Waals surface area contributed by atoms with Gasteiger partial charge in [-0.25, -0.2) is 0 Å². The quantitative estimate of drug-likeness (QED) is 0.501. The Labute approximate surface area is 123 Å². The minimum Gasteiger partial charge on any atom is -0.506 e. The van der Waals surface area contributed by atoms with Crippen LogP contribution in [0.3, 0.4) is 0 Å². The lowest BCUT2D eigenvalue weighted by Gasteiger charge is -2.05. The van der Waals surface area contributed by atoms with Crippen molar-refractivity contribution in [2.24, 2.45) is 0 Å². The number of methoxy groups -OCH3 is 1. The lowest BCUT2D eigenvalue weighted by molar-refractivity contribution is 0.104. The number of phenolic OH excluding ortho intramolecular Hbond substituents is 1. The van der Waals surface area contributed by atoms with E-state index in [4.69, 9.17) is 4.74 Å². The summed E-state index contributed by atoms with van der Waals surface area (Å²) in [4.78, 5) is 12.0. The number of benzene rings is 2. The van der Waals surface area contributed by atoms with E-state index in [9.17, 15) is 9.90 Å². The second-order valence-electron chi connectivity index (χ2n) is 4.59. The van der Waals surface area contributed by atoms with Gasteiger partial charge in [-0.1, -0.05) is 18.2 Å². The molecule has 0 spiro atoms. The number of allylic oxidation sites excluding steroid dienone is 1. The van der Waals surface area contributed by atoms with Crippen molar-refractivity contribution in [3.8, 4) is 11.5 Å². The van der Waals surface area contributed by atoms with Crippen LogP contribution in [0.25, 0.3) is 0 Å². The molecule has 2 N–H and O–H groups in total. The van der Waals surface area contributed by atoms with E-state index in [1.165, 1.54) is 12.3 Å². The molecule has 4 nitrogen and oxygen atoms in total. The highest BCUT2D eigenvalue weighted by molar-refractivity contribution is 6.04. The van der Waals surface area contributed by atoms with E-state index in [1.807, 2.05) is 13.0 Å². The first-order valence-electron chi connectivity index (χ1n) is 6.51. The fourth-order valence-corrected chi connectivity index (χ4v) is 1.84. The zero-order chi connectivity index (χ0) is 15.2.